The van der Waals surface area contributed by atoms with Crippen molar-refractivity contribution in [2.75, 3.05) is 6.54 Å². The maximum absolute atomic E-state index is 13.1. The summed E-state index contributed by atoms with van der Waals surface area (Å²) < 4.78 is 0. The van der Waals surface area contributed by atoms with E-state index in [2.05, 4.69) is 41.5 Å². The molecule has 1 aliphatic carbocycles. The van der Waals surface area contributed by atoms with Crippen LogP contribution in [0.5, 0.6) is 0 Å². The first-order valence-corrected chi connectivity index (χ1v) is 9.79. The Hall–Kier alpha value is -2.36. The lowest BCUT2D eigenvalue weighted by Crippen LogP contribution is -2.49. The molecule has 0 radical (unpaired) electrons. The first-order valence-electron chi connectivity index (χ1n) is 9.79. The average molecular weight is 349 g/mol. The predicted molar refractivity (Wildman–Crippen MR) is 103 cm³/mol. The minimum absolute atomic E-state index is 0.0587. The Labute approximate surface area is 155 Å². The maximum Gasteiger partial charge on any atom is 0.318 e. The Kier molecular flexibility index (Phi) is 4.91. The number of rotatable bonds is 2. The van der Waals surface area contributed by atoms with Gasteiger partial charge in [-0.15, -0.1) is 0 Å². The second-order valence-electron chi connectivity index (χ2n) is 7.62. The summed E-state index contributed by atoms with van der Waals surface area (Å²) in [6.45, 7) is 2.87. The van der Waals surface area contributed by atoms with Crippen LogP contribution in [-0.2, 0) is 6.42 Å². The standard InChI is InChI=1S/C22H27N3O/c1-16-9-10-20-17(14-16)11-13-25(21(20)18-6-5-12-23-15-18)22(26)24-19-7-3-2-4-8-19/h5-6,9-10,12,14-15,19,21H,2-4,7-8,11,13H2,1H3,(H,24,26). The average Bonchev–Trinajstić information content (AvgIpc) is 2.68. The van der Waals surface area contributed by atoms with Crippen LogP contribution in [0.3, 0.4) is 0 Å². The van der Waals surface area contributed by atoms with Gasteiger partial charge in [0.1, 0.15) is 0 Å². The Bertz CT molecular complexity index is 768. The van der Waals surface area contributed by atoms with Crippen LogP contribution >= 0.6 is 0 Å². The van der Waals surface area contributed by atoms with E-state index in [0.29, 0.717) is 6.04 Å². The molecule has 136 valence electrons. The molecule has 4 rings (SSSR count). The summed E-state index contributed by atoms with van der Waals surface area (Å²) >= 11 is 0. The fraction of sp³-hybridized carbons (Fsp3) is 0.455. The molecule has 0 bridgehead atoms. The van der Waals surface area contributed by atoms with Crippen molar-refractivity contribution in [3.05, 3.63) is 65.0 Å². The summed E-state index contributed by atoms with van der Waals surface area (Å²) in [5, 5.41) is 3.30. The van der Waals surface area contributed by atoms with Crippen LogP contribution in [0.4, 0.5) is 4.79 Å². The van der Waals surface area contributed by atoms with Gasteiger partial charge in [-0.05, 0) is 48.9 Å². The lowest BCUT2D eigenvalue weighted by Gasteiger charge is -2.39. The Balaban J connectivity index is 1.64. The summed E-state index contributed by atoms with van der Waals surface area (Å²) in [5.41, 5.74) is 4.93. The minimum atomic E-state index is -0.0587. The van der Waals surface area contributed by atoms with E-state index in [9.17, 15) is 4.79 Å². The van der Waals surface area contributed by atoms with Crippen molar-refractivity contribution in [2.45, 2.75) is 57.5 Å². The topological polar surface area (TPSA) is 45.2 Å². The zero-order chi connectivity index (χ0) is 17.9. The number of amides is 2. The molecule has 1 atom stereocenters. The molecule has 1 aromatic carbocycles. The van der Waals surface area contributed by atoms with Crippen molar-refractivity contribution in [1.82, 2.24) is 15.2 Å². The van der Waals surface area contributed by atoms with Gasteiger partial charge in [-0.3, -0.25) is 4.98 Å². The molecule has 2 amide bonds. The van der Waals surface area contributed by atoms with Crippen molar-refractivity contribution in [2.24, 2.45) is 0 Å². The fourth-order valence-corrected chi connectivity index (χ4v) is 4.38. The highest BCUT2D eigenvalue weighted by molar-refractivity contribution is 5.76. The zero-order valence-electron chi connectivity index (χ0n) is 15.4. The van der Waals surface area contributed by atoms with E-state index in [1.807, 2.05) is 17.2 Å². The molecule has 1 saturated carbocycles. The number of aryl methyl sites for hydroxylation is 1. The molecule has 1 unspecified atom stereocenters. The van der Waals surface area contributed by atoms with E-state index < -0.39 is 0 Å². The number of hydrogen-bond donors (Lipinski definition) is 1. The number of carbonyl (C=O) groups excluding carboxylic acids is 1. The third kappa shape index (κ3) is 3.46. The van der Waals surface area contributed by atoms with Gasteiger partial charge in [0.05, 0.1) is 6.04 Å². The van der Waals surface area contributed by atoms with Crippen molar-refractivity contribution in [1.29, 1.82) is 0 Å². The van der Waals surface area contributed by atoms with Crippen molar-refractivity contribution in [3.8, 4) is 0 Å². The predicted octanol–water partition coefficient (Wildman–Crippen LogP) is 4.38. The highest BCUT2D eigenvalue weighted by Gasteiger charge is 2.33. The van der Waals surface area contributed by atoms with Crippen LogP contribution < -0.4 is 5.32 Å². The number of hydrogen-bond acceptors (Lipinski definition) is 2. The Morgan fingerprint density at radius 3 is 2.81 bits per heavy atom. The van der Waals surface area contributed by atoms with Crippen molar-refractivity contribution >= 4 is 6.03 Å². The number of carbonyl (C=O) groups is 1. The fourth-order valence-electron chi connectivity index (χ4n) is 4.38. The lowest BCUT2D eigenvalue weighted by atomic mass is 9.88. The van der Waals surface area contributed by atoms with Gasteiger partial charge in [-0.2, -0.15) is 0 Å². The quantitative estimate of drug-likeness (QED) is 0.874. The maximum atomic E-state index is 13.1. The molecule has 2 heterocycles. The van der Waals surface area contributed by atoms with E-state index in [1.54, 1.807) is 6.20 Å². The van der Waals surface area contributed by atoms with Gasteiger partial charge in [0, 0.05) is 25.0 Å². The molecule has 2 aromatic rings. The molecule has 0 spiro atoms. The van der Waals surface area contributed by atoms with Gasteiger partial charge in [0.2, 0.25) is 0 Å². The highest BCUT2D eigenvalue weighted by atomic mass is 16.2. The first-order chi connectivity index (χ1) is 12.7. The lowest BCUT2D eigenvalue weighted by molar-refractivity contribution is 0.173. The number of nitrogens with zero attached hydrogens (tertiary/aromatic N) is 2. The molecule has 2 aliphatic rings. The van der Waals surface area contributed by atoms with Crippen molar-refractivity contribution in [3.63, 3.8) is 0 Å². The minimum Gasteiger partial charge on any atom is -0.335 e. The smallest absolute Gasteiger partial charge is 0.318 e. The van der Waals surface area contributed by atoms with E-state index in [-0.39, 0.29) is 12.1 Å². The van der Waals surface area contributed by atoms with Gasteiger partial charge in [-0.1, -0.05) is 49.1 Å². The van der Waals surface area contributed by atoms with Gasteiger partial charge < -0.3 is 10.2 Å². The molecule has 26 heavy (non-hydrogen) atoms. The SMILES string of the molecule is Cc1ccc2c(c1)CCN(C(=O)NC1CCCCC1)C2c1cccnc1. The van der Waals surface area contributed by atoms with Gasteiger partial charge in [0.25, 0.3) is 0 Å². The van der Waals surface area contributed by atoms with Crippen LogP contribution in [0.15, 0.2) is 42.7 Å². The first kappa shape index (κ1) is 17.1. The summed E-state index contributed by atoms with van der Waals surface area (Å²) in [4.78, 5) is 19.4. The second kappa shape index (κ2) is 7.48. The molecule has 1 aromatic heterocycles. The van der Waals surface area contributed by atoms with Crippen LogP contribution in [0, 0.1) is 6.92 Å². The molecular weight excluding hydrogens is 322 g/mol. The number of pyridine rings is 1. The highest BCUT2D eigenvalue weighted by Crippen LogP contribution is 2.35. The van der Waals surface area contributed by atoms with Gasteiger partial charge in [-0.25, -0.2) is 4.79 Å². The number of aromatic nitrogens is 1. The Morgan fingerprint density at radius 2 is 2.04 bits per heavy atom. The summed E-state index contributed by atoms with van der Waals surface area (Å²) in [7, 11) is 0. The largest absolute Gasteiger partial charge is 0.335 e. The van der Waals surface area contributed by atoms with E-state index in [0.717, 1.165) is 31.4 Å². The number of benzene rings is 1. The van der Waals surface area contributed by atoms with E-state index in [1.165, 1.54) is 36.0 Å². The molecule has 1 aliphatic heterocycles. The number of urea groups is 1. The van der Waals surface area contributed by atoms with Gasteiger partial charge in [0.15, 0.2) is 0 Å². The van der Waals surface area contributed by atoms with Crippen LogP contribution in [0.2, 0.25) is 0 Å². The van der Waals surface area contributed by atoms with E-state index in [4.69, 9.17) is 0 Å². The summed E-state index contributed by atoms with van der Waals surface area (Å²) in [6, 6.07) is 10.9. The second-order valence-corrected chi connectivity index (χ2v) is 7.62. The monoisotopic (exact) mass is 349 g/mol. The third-order valence-electron chi connectivity index (χ3n) is 5.72. The normalized spacial score (nSPS) is 20.5. The molecule has 0 saturated heterocycles. The molecular formula is C22H27N3O. The van der Waals surface area contributed by atoms with Gasteiger partial charge >= 0.3 is 6.03 Å². The number of nitrogens with one attached hydrogen (secondary N) is 1. The van der Waals surface area contributed by atoms with Crippen molar-refractivity contribution < 1.29 is 4.79 Å². The number of fused-ring (bicyclic) bond motifs is 1. The zero-order valence-corrected chi connectivity index (χ0v) is 15.4. The summed E-state index contributed by atoms with van der Waals surface area (Å²) in [5.74, 6) is 0. The van der Waals surface area contributed by atoms with Crippen LogP contribution in [-0.4, -0.2) is 28.5 Å². The molecule has 1 N–H and O–H groups in total. The molecule has 4 nitrogen and oxygen atoms in total. The third-order valence-corrected chi connectivity index (χ3v) is 5.72. The summed E-state index contributed by atoms with van der Waals surface area (Å²) in [6.07, 6.45) is 10.5. The molecule has 4 heteroatoms. The molecule has 1 fully saturated rings. The van der Waals surface area contributed by atoms with Crippen LogP contribution in [0.25, 0.3) is 0 Å². The Morgan fingerprint density at radius 1 is 1.19 bits per heavy atom. The van der Waals surface area contributed by atoms with Crippen LogP contribution in [0.1, 0.15) is 60.4 Å². The van der Waals surface area contributed by atoms with E-state index >= 15 is 0 Å².